The molecule has 0 saturated carbocycles. The largest absolute Gasteiger partial charge is 0.388 e. The van der Waals surface area contributed by atoms with Crippen LogP contribution in [0.5, 0.6) is 0 Å². The zero-order chi connectivity index (χ0) is 11.1. The van der Waals surface area contributed by atoms with Gasteiger partial charge in [0.15, 0.2) is 0 Å². The van der Waals surface area contributed by atoms with Gasteiger partial charge in [-0.2, -0.15) is 0 Å². The second-order valence-corrected chi connectivity index (χ2v) is 5.02. The SMILES string of the molecule is CNc1ccc2c(c1)-c1ccc(Br)cc1C2. The molecule has 1 aliphatic carbocycles. The fourth-order valence-electron chi connectivity index (χ4n) is 2.31. The van der Waals surface area contributed by atoms with E-state index in [0.717, 1.165) is 10.9 Å². The molecule has 0 unspecified atom stereocenters. The molecule has 0 heterocycles. The molecule has 0 aliphatic heterocycles. The quantitative estimate of drug-likeness (QED) is 0.705. The third kappa shape index (κ3) is 1.45. The van der Waals surface area contributed by atoms with Crippen LogP contribution in [0.3, 0.4) is 0 Å². The molecule has 0 bridgehead atoms. The van der Waals surface area contributed by atoms with E-state index < -0.39 is 0 Å². The number of hydrogen-bond acceptors (Lipinski definition) is 1. The van der Waals surface area contributed by atoms with E-state index in [2.05, 4.69) is 57.6 Å². The van der Waals surface area contributed by atoms with Crippen LogP contribution in [0.15, 0.2) is 40.9 Å². The molecule has 1 nitrogen and oxygen atoms in total. The smallest absolute Gasteiger partial charge is 0.0343 e. The second kappa shape index (κ2) is 3.63. The van der Waals surface area contributed by atoms with E-state index in [9.17, 15) is 0 Å². The molecule has 0 amide bonds. The Hall–Kier alpha value is -1.28. The van der Waals surface area contributed by atoms with Gasteiger partial charge in [-0.15, -0.1) is 0 Å². The van der Waals surface area contributed by atoms with Gasteiger partial charge in [0.05, 0.1) is 0 Å². The predicted molar refractivity (Wildman–Crippen MR) is 71.9 cm³/mol. The van der Waals surface area contributed by atoms with E-state index in [1.807, 2.05) is 7.05 Å². The lowest BCUT2D eigenvalue weighted by Crippen LogP contribution is -1.88. The summed E-state index contributed by atoms with van der Waals surface area (Å²) in [6, 6.07) is 13.1. The Morgan fingerprint density at radius 3 is 2.69 bits per heavy atom. The van der Waals surface area contributed by atoms with Crippen LogP contribution in [0.4, 0.5) is 5.69 Å². The molecule has 2 aromatic carbocycles. The van der Waals surface area contributed by atoms with E-state index >= 15 is 0 Å². The molecule has 0 fully saturated rings. The van der Waals surface area contributed by atoms with Crippen molar-refractivity contribution in [2.45, 2.75) is 6.42 Å². The van der Waals surface area contributed by atoms with Gasteiger partial charge in [0.2, 0.25) is 0 Å². The number of rotatable bonds is 1. The van der Waals surface area contributed by atoms with E-state index in [0.29, 0.717) is 0 Å². The Morgan fingerprint density at radius 1 is 1.00 bits per heavy atom. The van der Waals surface area contributed by atoms with Gasteiger partial charge in [-0.3, -0.25) is 0 Å². The van der Waals surface area contributed by atoms with Crippen LogP contribution in [0, 0.1) is 0 Å². The summed E-state index contributed by atoms with van der Waals surface area (Å²) in [5.74, 6) is 0. The zero-order valence-corrected chi connectivity index (χ0v) is 10.6. The van der Waals surface area contributed by atoms with Crippen molar-refractivity contribution >= 4 is 21.6 Å². The van der Waals surface area contributed by atoms with Gasteiger partial charge in [-0.05, 0) is 52.9 Å². The molecule has 1 aliphatic rings. The van der Waals surface area contributed by atoms with Gasteiger partial charge in [0, 0.05) is 17.2 Å². The summed E-state index contributed by atoms with van der Waals surface area (Å²) in [5, 5.41) is 3.19. The highest BCUT2D eigenvalue weighted by Crippen LogP contribution is 2.39. The molecule has 0 atom stereocenters. The fourth-order valence-corrected chi connectivity index (χ4v) is 2.72. The Balaban J connectivity index is 2.19. The number of benzene rings is 2. The van der Waals surface area contributed by atoms with Crippen molar-refractivity contribution in [3.8, 4) is 11.1 Å². The van der Waals surface area contributed by atoms with Gasteiger partial charge in [0.1, 0.15) is 0 Å². The molecule has 0 spiro atoms. The highest BCUT2D eigenvalue weighted by atomic mass is 79.9. The summed E-state index contributed by atoms with van der Waals surface area (Å²) < 4.78 is 1.16. The van der Waals surface area contributed by atoms with E-state index in [1.54, 1.807) is 0 Å². The van der Waals surface area contributed by atoms with Crippen molar-refractivity contribution in [2.24, 2.45) is 0 Å². The highest BCUT2D eigenvalue weighted by molar-refractivity contribution is 9.10. The number of fused-ring (bicyclic) bond motifs is 3. The van der Waals surface area contributed by atoms with Crippen molar-refractivity contribution < 1.29 is 0 Å². The third-order valence-corrected chi connectivity index (χ3v) is 3.63. The van der Waals surface area contributed by atoms with Crippen LogP contribution in [0.1, 0.15) is 11.1 Å². The minimum absolute atomic E-state index is 1.05. The van der Waals surface area contributed by atoms with Crippen LogP contribution in [-0.2, 0) is 6.42 Å². The van der Waals surface area contributed by atoms with Crippen molar-refractivity contribution in [3.05, 3.63) is 52.0 Å². The molecule has 16 heavy (non-hydrogen) atoms. The van der Waals surface area contributed by atoms with Crippen molar-refractivity contribution in [3.63, 3.8) is 0 Å². The minimum Gasteiger partial charge on any atom is -0.388 e. The monoisotopic (exact) mass is 273 g/mol. The molecular formula is C14H12BrN. The fraction of sp³-hybridized carbons (Fsp3) is 0.143. The van der Waals surface area contributed by atoms with Gasteiger partial charge in [-0.25, -0.2) is 0 Å². The first-order valence-electron chi connectivity index (χ1n) is 5.37. The third-order valence-electron chi connectivity index (χ3n) is 3.14. The van der Waals surface area contributed by atoms with E-state index in [1.165, 1.54) is 27.9 Å². The van der Waals surface area contributed by atoms with Gasteiger partial charge in [-0.1, -0.05) is 28.1 Å². The summed E-state index contributed by atoms with van der Waals surface area (Å²) in [5.41, 5.74) is 6.75. The topological polar surface area (TPSA) is 12.0 Å². The van der Waals surface area contributed by atoms with Gasteiger partial charge < -0.3 is 5.32 Å². The number of nitrogens with one attached hydrogen (secondary N) is 1. The summed E-state index contributed by atoms with van der Waals surface area (Å²) >= 11 is 3.53. The maximum atomic E-state index is 3.53. The molecule has 2 aromatic rings. The van der Waals surface area contributed by atoms with Crippen molar-refractivity contribution in [2.75, 3.05) is 12.4 Å². The average Bonchev–Trinajstić information content (AvgIpc) is 2.65. The molecule has 0 radical (unpaired) electrons. The number of halogens is 1. The zero-order valence-electron chi connectivity index (χ0n) is 9.05. The summed E-state index contributed by atoms with van der Waals surface area (Å²) in [4.78, 5) is 0. The number of anilines is 1. The standard InChI is InChI=1S/C14H12BrN/c1-16-12-4-2-9-6-10-7-11(15)3-5-13(10)14(9)8-12/h2-5,7-8,16H,6H2,1H3. The molecule has 3 rings (SSSR count). The van der Waals surface area contributed by atoms with Crippen LogP contribution in [0.25, 0.3) is 11.1 Å². The second-order valence-electron chi connectivity index (χ2n) is 4.10. The summed E-state index contributed by atoms with van der Waals surface area (Å²) in [7, 11) is 1.96. The lowest BCUT2D eigenvalue weighted by Gasteiger charge is -2.04. The molecule has 80 valence electrons. The van der Waals surface area contributed by atoms with E-state index in [4.69, 9.17) is 0 Å². The molecule has 0 aromatic heterocycles. The van der Waals surface area contributed by atoms with Crippen molar-refractivity contribution in [1.82, 2.24) is 0 Å². The molecule has 0 saturated heterocycles. The minimum atomic E-state index is 1.05. The first kappa shape index (κ1) is 9.91. The predicted octanol–water partition coefficient (Wildman–Crippen LogP) is 4.06. The van der Waals surface area contributed by atoms with Crippen LogP contribution >= 0.6 is 15.9 Å². The maximum Gasteiger partial charge on any atom is 0.0343 e. The Kier molecular flexibility index (Phi) is 2.25. The Labute approximate surface area is 104 Å². The Bertz CT molecular complexity index is 561. The lowest BCUT2D eigenvalue weighted by molar-refractivity contribution is 1.26. The first-order valence-corrected chi connectivity index (χ1v) is 6.17. The Morgan fingerprint density at radius 2 is 1.88 bits per heavy atom. The molecule has 2 heteroatoms. The average molecular weight is 274 g/mol. The lowest BCUT2D eigenvalue weighted by atomic mass is 10.1. The van der Waals surface area contributed by atoms with E-state index in [-0.39, 0.29) is 0 Å². The van der Waals surface area contributed by atoms with Crippen LogP contribution in [-0.4, -0.2) is 7.05 Å². The summed E-state index contributed by atoms with van der Waals surface area (Å²) in [6.07, 6.45) is 1.05. The summed E-state index contributed by atoms with van der Waals surface area (Å²) in [6.45, 7) is 0. The molecule has 1 N–H and O–H groups in total. The molecular weight excluding hydrogens is 262 g/mol. The first-order chi connectivity index (χ1) is 7.78. The van der Waals surface area contributed by atoms with Crippen LogP contribution in [0.2, 0.25) is 0 Å². The van der Waals surface area contributed by atoms with Crippen LogP contribution < -0.4 is 5.32 Å². The van der Waals surface area contributed by atoms with Crippen molar-refractivity contribution in [1.29, 1.82) is 0 Å². The highest BCUT2D eigenvalue weighted by Gasteiger charge is 2.18. The van der Waals surface area contributed by atoms with Gasteiger partial charge in [0.25, 0.3) is 0 Å². The maximum absolute atomic E-state index is 3.53. The van der Waals surface area contributed by atoms with Gasteiger partial charge >= 0.3 is 0 Å². The number of hydrogen-bond donors (Lipinski definition) is 1. The normalized spacial score (nSPS) is 12.1.